The number of carboxylic acids is 2. The highest BCUT2D eigenvalue weighted by atomic mass is 32.2. The second-order valence-corrected chi connectivity index (χ2v) is 8.98. The van der Waals surface area contributed by atoms with Gasteiger partial charge >= 0.3 is 11.9 Å². The molecular formula is C25H40N2O6S. The third kappa shape index (κ3) is 19.1. The van der Waals surface area contributed by atoms with Crippen molar-refractivity contribution in [1.29, 1.82) is 0 Å². The van der Waals surface area contributed by atoms with Gasteiger partial charge in [-0.25, -0.2) is 0 Å². The van der Waals surface area contributed by atoms with E-state index in [1.54, 1.807) is 12.2 Å². The molecule has 3 atom stereocenters. The average Bonchev–Trinajstić information content (AvgIpc) is 2.79. The van der Waals surface area contributed by atoms with Crippen molar-refractivity contribution in [3.05, 3.63) is 48.6 Å². The van der Waals surface area contributed by atoms with Gasteiger partial charge in [-0.05, 0) is 32.1 Å². The van der Waals surface area contributed by atoms with Gasteiger partial charge in [0.05, 0.1) is 12.1 Å². The standard InChI is InChI=1S/C25H40N2O6S/c1-2-3-4-5-6-7-8-9-10-11-12-13-16-22(21(28)15-14-17-23(29)30)34-19-20(26)25(33)27-18-24(31)32/h6-7,9-13,16,20-22,28H,2-5,8,14-15,17-19,26H2,1H3,(H,27,33)(H,29,30)(H,31,32)/t20?,21-,22+/m0/s1. The van der Waals surface area contributed by atoms with E-state index in [0.29, 0.717) is 12.8 Å². The normalized spacial score (nSPS) is 14.8. The number of aliphatic hydroxyl groups excluding tert-OH is 1. The molecule has 0 bridgehead atoms. The van der Waals surface area contributed by atoms with Gasteiger partial charge in [0.15, 0.2) is 0 Å². The number of rotatable bonds is 20. The molecule has 0 fully saturated rings. The smallest absolute Gasteiger partial charge is 0.322 e. The van der Waals surface area contributed by atoms with E-state index in [1.165, 1.54) is 31.0 Å². The molecule has 192 valence electrons. The van der Waals surface area contributed by atoms with Crippen molar-refractivity contribution >= 4 is 29.6 Å². The molecule has 0 heterocycles. The number of unbranched alkanes of at least 4 members (excludes halogenated alkanes) is 3. The second-order valence-electron chi connectivity index (χ2n) is 7.77. The van der Waals surface area contributed by atoms with Crippen LogP contribution in [0.3, 0.4) is 0 Å². The van der Waals surface area contributed by atoms with Gasteiger partial charge in [-0.3, -0.25) is 14.4 Å². The maximum Gasteiger partial charge on any atom is 0.322 e. The number of aliphatic hydroxyl groups is 1. The number of carbonyl (C=O) groups is 3. The lowest BCUT2D eigenvalue weighted by molar-refractivity contribution is -0.138. The quantitative estimate of drug-likeness (QED) is 0.0977. The lowest BCUT2D eigenvalue weighted by atomic mass is 10.1. The molecule has 0 aromatic heterocycles. The molecule has 0 aliphatic heterocycles. The van der Waals surface area contributed by atoms with Crippen molar-refractivity contribution in [3.63, 3.8) is 0 Å². The van der Waals surface area contributed by atoms with Gasteiger partial charge in [0.2, 0.25) is 5.91 Å². The largest absolute Gasteiger partial charge is 0.481 e. The molecule has 0 rings (SSSR count). The van der Waals surface area contributed by atoms with E-state index in [9.17, 15) is 19.5 Å². The third-order valence-electron chi connectivity index (χ3n) is 4.67. The minimum absolute atomic E-state index is 0.0347. The van der Waals surface area contributed by atoms with Gasteiger partial charge in [-0.1, -0.05) is 68.4 Å². The van der Waals surface area contributed by atoms with Crippen LogP contribution in [0.4, 0.5) is 0 Å². The molecule has 0 spiro atoms. The Morgan fingerprint density at radius 3 is 2.38 bits per heavy atom. The zero-order valence-electron chi connectivity index (χ0n) is 20.0. The van der Waals surface area contributed by atoms with Crippen LogP contribution in [-0.4, -0.2) is 62.9 Å². The van der Waals surface area contributed by atoms with Crippen molar-refractivity contribution in [2.24, 2.45) is 5.73 Å². The average molecular weight is 497 g/mol. The summed E-state index contributed by atoms with van der Waals surface area (Å²) in [6.07, 6.45) is 21.1. The molecule has 9 heteroatoms. The van der Waals surface area contributed by atoms with E-state index >= 15 is 0 Å². The van der Waals surface area contributed by atoms with Crippen LogP contribution in [0.25, 0.3) is 0 Å². The molecule has 0 radical (unpaired) electrons. The van der Waals surface area contributed by atoms with E-state index in [2.05, 4.69) is 24.4 Å². The van der Waals surface area contributed by atoms with E-state index in [4.69, 9.17) is 15.9 Å². The lowest BCUT2D eigenvalue weighted by Crippen LogP contribution is -2.44. The summed E-state index contributed by atoms with van der Waals surface area (Å²) in [7, 11) is 0. The fourth-order valence-corrected chi connectivity index (χ4v) is 3.91. The number of hydrogen-bond donors (Lipinski definition) is 5. The van der Waals surface area contributed by atoms with Gasteiger partial charge in [0.25, 0.3) is 0 Å². The Morgan fingerprint density at radius 1 is 0.971 bits per heavy atom. The third-order valence-corrected chi connectivity index (χ3v) is 6.08. The fourth-order valence-electron chi connectivity index (χ4n) is 2.77. The Labute approximate surface area is 207 Å². The Bertz CT molecular complexity index is 706. The van der Waals surface area contributed by atoms with Crippen LogP contribution in [0, 0.1) is 0 Å². The molecule has 0 aromatic rings. The molecule has 0 saturated carbocycles. The number of nitrogens with one attached hydrogen (secondary N) is 1. The van der Waals surface area contributed by atoms with Crippen LogP contribution in [0.5, 0.6) is 0 Å². The van der Waals surface area contributed by atoms with Crippen LogP contribution in [0.15, 0.2) is 48.6 Å². The monoisotopic (exact) mass is 496 g/mol. The van der Waals surface area contributed by atoms with Crippen LogP contribution < -0.4 is 11.1 Å². The summed E-state index contributed by atoms with van der Waals surface area (Å²) in [5.41, 5.74) is 5.82. The van der Waals surface area contributed by atoms with Crippen molar-refractivity contribution in [2.75, 3.05) is 12.3 Å². The van der Waals surface area contributed by atoms with Crippen LogP contribution >= 0.6 is 11.8 Å². The van der Waals surface area contributed by atoms with E-state index in [-0.39, 0.29) is 12.2 Å². The van der Waals surface area contributed by atoms with Crippen LogP contribution in [-0.2, 0) is 14.4 Å². The first-order valence-electron chi connectivity index (χ1n) is 11.7. The maximum atomic E-state index is 11.9. The first kappa shape index (κ1) is 31.6. The summed E-state index contributed by atoms with van der Waals surface area (Å²) >= 11 is 1.26. The van der Waals surface area contributed by atoms with E-state index < -0.39 is 41.8 Å². The minimum atomic E-state index is -1.16. The topological polar surface area (TPSA) is 150 Å². The summed E-state index contributed by atoms with van der Waals surface area (Å²) in [5.74, 6) is -2.49. The van der Waals surface area contributed by atoms with Gasteiger partial charge in [0.1, 0.15) is 6.54 Å². The summed E-state index contributed by atoms with van der Waals surface area (Å²) in [6, 6.07) is -0.931. The van der Waals surface area contributed by atoms with Gasteiger partial charge in [-0.2, -0.15) is 0 Å². The molecule has 6 N–H and O–H groups in total. The number of allylic oxidation sites excluding steroid dienone is 7. The minimum Gasteiger partial charge on any atom is -0.481 e. The Morgan fingerprint density at radius 2 is 1.71 bits per heavy atom. The molecule has 1 unspecified atom stereocenters. The number of nitrogens with two attached hydrogens (primary N) is 1. The summed E-state index contributed by atoms with van der Waals surface area (Å²) < 4.78 is 0. The SMILES string of the molecule is CCCCCC=CCC=CC=CC=C[C@@H](SCC(N)C(=O)NCC(=O)O)[C@@H](O)CCCC(=O)O. The summed E-state index contributed by atoms with van der Waals surface area (Å²) in [5, 5.41) is 29.8. The molecule has 1 amide bonds. The molecule has 34 heavy (non-hydrogen) atoms. The summed E-state index contributed by atoms with van der Waals surface area (Å²) in [4.78, 5) is 33.2. The molecule has 0 aliphatic rings. The maximum absolute atomic E-state index is 11.9. The van der Waals surface area contributed by atoms with Crippen molar-refractivity contribution in [2.45, 2.75) is 75.7 Å². The first-order chi connectivity index (χ1) is 16.3. The van der Waals surface area contributed by atoms with Crippen molar-refractivity contribution in [1.82, 2.24) is 5.32 Å². The zero-order valence-corrected chi connectivity index (χ0v) is 20.8. The summed E-state index contributed by atoms with van der Waals surface area (Å²) in [6.45, 7) is 1.68. The van der Waals surface area contributed by atoms with Gasteiger partial charge in [0, 0.05) is 17.4 Å². The molecule has 0 aromatic carbocycles. The van der Waals surface area contributed by atoms with Crippen molar-refractivity contribution < 1.29 is 29.7 Å². The van der Waals surface area contributed by atoms with Crippen LogP contribution in [0.1, 0.15) is 58.3 Å². The highest BCUT2D eigenvalue weighted by Crippen LogP contribution is 2.21. The number of hydrogen-bond acceptors (Lipinski definition) is 6. The highest BCUT2D eigenvalue weighted by Gasteiger charge is 2.21. The Kier molecular flexibility index (Phi) is 19.7. The van der Waals surface area contributed by atoms with E-state index in [0.717, 1.165) is 12.8 Å². The number of aliphatic carboxylic acids is 2. The number of carbonyl (C=O) groups excluding carboxylic acids is 1. The Hall–Kier alpha value is -2.36. The molecular weight excluding hydrogens is 456 g/mol. The fraction of sp³-hybridized carbons (Fsp3) is 0.560. The van der Waals surface area contributed by atoms with Gasteiger partial charge < -0.3 is 26.4 Å². The first-order valence-corrected chi connectivity index (χ1v) is 12.7. The van der Waals surface area contributed by atoms with Crippen molar-refractivity contribution in [3.8, 4) is 0 Å². The molecule has 0 saturated heterocycles. The predicted molar refractivity (Wildman–Crippen MR) is 138 cm³/mol. The van der Waals surface area contributed by atoms with Crippen LogP contribution in [0.2, 0.25) is 0 Å². The highest BCUT2D eigenvalue weighted by molar-refractivity contribution is 8.00. The number of carboxylic acid groups (broad SMARTS) is 2. The number of amides is 1. The zero-order chi connectivity index (χ0) is 25.6. The number of thioether (sulfide) groups is 1. The molecule has 0 aliphatic carbocycles. The Balaban J connectivity index is 4.70. The van der Waals surface area contributed by atoms with Gasteiger partial charge in [-0.15, -0.1) is 11.8 Å². The van der Waals surface area contributed by atoms with E-state index in [1.807, 2.05) is 24.3 Å². The molecule has 8 nitrogen and oxygen atoms in total. The predicted octanol–water partition coefficient (Wildman–Crippen LogP) is 3.43. The second kappa shape index (κ2) is 21.2. The lowest BCUT2D eigenvalue weighted by Gasteiger charge is -2.21.